The first-order valence-electron chi connectivity index (χ1n) is 8.48. The van der Waals surface area contributed by atoms with Gasteiger partial charge in [0.05, 0.1) is 11.6 Å². The molecule has 0 unspecified atom stereocenters. The zero-order valence-corrected chi connectivity index (χ0v) is 19.2. The smallest absolute Gasteiger partial charge is 0.221 e. The first-order chi connectivity index (χ1) is 12.4. The fourth-order valence-corrected chi connectivity index (χ4v) is 2.97. The summed E-state index contributed by atoms with van der Waals surface area (Å²) in [6.07, 6.45) is 2.76. The predicted octanol–water partition coefficient (Wildman–Crippen LogP) is 3.50. The number of carbonyl (C=O) groups is 1. The van der Waals surface area contributed by atoms with E-state index in [1.54, 1.807) is 7.05 Å². The van der Waals surface area contributed by atoms with Crippen LogP contribution in [0.15, 0.2) is 41.5 Å². The van der Waals surface area contributed by atoms with E-state index in [1.807, 2.05) is 55.2 Å². The van der Waals surface area contributed by atoms with Crippen LogP contribution in [-0.4, -0.2) is 42.0 Å². The average molecular weight is 504 g/mol. The molecule has 6 nitrogen and oxygen atoms in total. The highest BCUT2D eigenvalue weighted by Crippen LogP contribution is 2.14. The molecule has 2 rings (SSSR count). The van der Waals surface area contributed by atoms with Crippen LogP contribution in [0.1, 0.15) is 18.2 Å². The van der Waals surface area contributed by atoms with Crippen LogP contribution in [0.2, 0.25) is 5.02 Å². The lowest BCUT2D eigenvalue weighted by molar-refractivity contribution is -0.114. The van der Waals surface area contributed by atoms with Crippen LogP contribution in [-0.2, 0) is 24.8 Å². The molecule has 27 heavy (non-hydrogen) atoms. The van der Waals surface area contributed by atoms with Crippen molar-refractivity contribution in [2.45, 2.75) is 19.9 Å². The van der Waals surface area contributed by atoms with Crippen LogP contribution >= 0.6 is 35.6 Å². The molecule has 0 bridgehead atoms. The molecule has 0 radical (unpaired) electrons. The minimum absolute atomic E-state index is 0. The molecular weight excluding hydrogens is 477 g/mol. The number of benzene rings is 1. The highest BCUT2D eigenvalue weighted by Gasteiger charge is 2.09. The molecule has 0 spiro atoms. The minimum Gasteiger partial charge on any atom is -0.356 e. The summed E-state index contributed by atoms with van der Waals surface area (Å²) >= 11 is 6.04. The second-order valence-corrected chi connectivity index (χ2v) is 6.66. The van der Waals surface area contributed by atoms with E-state index in [9.17, 15) is 4.79 Å². The molecule has 0 aliphatic rings. The third-order valence-electron chi connectivity index (χ3n) is 4.02. The van der Waals surface area contributed by atoms with E-state index in [1.165, 1.54) is 12.5 Å². The van der Waals surface area contributed by atoms with Gasteiger partial charge in [-0.15, -0.1) is 24.0 Å². The van der Waals surface area contributed by atoms with Gasteiger partial charge in [-0.25, -0.2) is 0 Å². The molecule has 0 saturated heterocycles. The molecule has 0 atom stereocenters. The van der Waals surface area contributed by atoms with Crippen molar-refractivity contribution in [3.63, 3.8) is 0 Å². The number of aromatic nitrogens is 1. The van der Waals surface area contributed by atoms with Gasteiger partial charge < -0.3 is 20.1 Å². The predicted molar refractivity (Wildman–Crippen MR) is 123 cm³/mol. The molecular formula is C19H27ClIN5O. The average Bonchev–Trinajstić information content (AvgIpc) is 2.89. The Bertz CT molecular complexity index is 773. The molecule has 0 saturated carbocycles. The number of guanidine groups is 1. The number of nitrogens with one attached hydrogen (secondary N) is 2. The van der Waals surface area contributed by atoms with Gasteiger partial charge in [-0.2, -0.15) is 0 Å². The van der Waals surface area contributed by atoms with Crippen molar-refractivity contribution < 1.29 is 4.79 Å². The van der Waals surface area contributed by atoms with Crippen molar-refractivity contribution in [2.24, 2.45) is 12.0 Å². The summed E-state index contributed by atoms with van der Waals surface area (Å²) in [5.41, 5.74) is 3.12. The molecule has 1 heterocycles. The Kier molecular flexibility index (Phi) is 9.65. The van der Waals surface area contributed by atoms with E-state index in [0.29, 0.717) is 6.54 Å². The molecule has 0 aliphatic carbocycles. The summed E-state index contributed by atoms with van der Waals surface area (Å²) in [6, 6.07) is 9.83. The fraction of sp³-hybridized carbons (Fsp3) is 0.368. The van der Waals surface area contributed by atoms with E-state index in [-0.39, 0.29) is 29.9 Å². The summed E-state index contributed by atoms with van der Waals surface area (Å²) < 4.78 is 2.02. The second kappa shape index (κ2) is 11.2. The molecule has 0 aliphatic heterocycles. The number of hydrogen-bond donors (Lipinski definition) is 2. The van der Waals surface area contributed by atoms with E-state index in [2.05, 4.69) is 20.5 Å². The summed E-state index contributed by atoms with van der Waals surface area (Å²) in [4.78, 5) is 17.4. The second-order valence-electron chi connectivity index (χ2n) is 6.22. The summed E-state index contributed by atoms with van der Waals surface area (Å²) in [5, 5.41) is 6.88. The number of nitrogens with zero attached hydrogens (tertiary/aromatic N) is 3. The van der Waals surface area contributed by atoms with Crippen LogP contribution in [0.25, 0.3) is 0 Å². The Balaban J connectivity index is 0.00000364. The number of aliphatic imine (C=N–C) groups is 1. The maximum Gasteiger partial charge on any atom is 0.221 e. The molecule has 1 aromatic carbocycles. The van der Waals surface area contributed by atoms with E-state index >= 15 is 0 Å². The Morgan fingerprint density at radius 2 is 1.96 bits per heavy atom. The first kappa shape index (κ1) is 23.3. The third kappa shape index (κ3) is 7.42. The highest BCUT2D eigenvalue weighted by atomic mass is 127. The van der Waals surface area contributed by atoms with Crippen LogP contribution in [0.5, 0.6) is 0 Å². The van der Waals surface area contributed by atoms with Gasteiger partial charge in [0, 0.05) is 52.2 Å². The summed E-state index contributed by atoms with van der Waals surface area (Å²) in [6.45, 7) is 2.99. The van der Waals surface area contributed by atoms with E-state index in [4.69, 9.17) is 11.6 Å². The SMILES string of the molecule is CN=C(NCCc1ccc(NC(C)=O)cc1)N(C)Cc1cc(Cl)cn1C.I. The Labute approximate surface area is 183 Å². The maximum absolute atomic E-state index is 11.0. The van der Waals surface area contributed by atoms with Gasteiger partial charge in [0.15, 0.2) is 5.96 Å². The standard InChI is InChI=1S/C19H26ClN5O.HI/c1-14(26)23-17-7-5-15(6-8-17)9-10-22-19(21-2)25(4)13-18-11-16(20)12-24(18)3;/h5-8,11-12H,9-10,13H2,1-4H3,(H,21,22)(H,23,26);1H. The first-order valence-corrected chi connectivity index (χ1v) is 8.86. The van der Waals surface area contributed by atoms with Gasteiger partial charge in [-0.3, -0.25) is 9.79 Å². The van der Waals surface area contributed by atoms with Crippen LogP contribution < -0.4 is 10.6 Å². The largest absolute Gasteiger partial charge is 0.356 e. The number of rotatable bonds is 6. The fourth-order valence-electron chi connectivity index (χ4n) is 2.70. The monoisotopic (exact) mass is 503 g/mol. The van der Waals surface area contributed by atoms with Gasteiger partial charge >= 0.3 is 0 Å². The lowest BCUT2D eigenvalue weighted by Gasteiger charge is -2.22. The van der Waals surface area contributed by atoms with Gasteiger partial charge in [-0.05, 0) is 30.2 Å². The molecule has 0 fully saturated rings. The highest BCUT2D eigenvalue weighted by molar-refractivity contribution is 14.0. The zero-order valence-electron chi connectivity index (χ0n) is 16.1. The number of aryl methyl sites for hydroxylation is 1. The Morgan fingerprint density at radius 1 is 1.30 bits per heavy atom. The third-order valence-corrected chi connectivity index (χ3v) is 4.22. The summed E-state index contributed by atoms with van der Waals surface area (Å²) in [5.74, 6) is 0.767. The van der Waals surface area contributed by atoms with Crippen molar-refractivity contribution in [3.05, 3.63) is 52.8 Å². The van der Waals surface area contributed by atoms with Gasteiger partial charge in [-0.1, -0.05) is 23.7 Å². The zero-order chi connectivity index (χ0) is 19.1. The van der Waals surface area contributed by atoms with Crippen molar-refractivity contribution >= 4 is 53.1 Å². The van der Waals surface area contributed by atoms with Crippen molar-refractivity contribution in [1.82, 2.24) is 14.8 Å². The number of halogens is 2. The molecule has 2 N–H and O–H groups in total. The van der Waals surface area contributed by atoms with Crippen molar-refractivity contribution in [1.29, 1.82) is 0 Å². The Morgan fingerprint density at radius 3 is 2.48 bits per heavy atom. The number of carbonyl (C=O) groups excluding carboxylic acids is 1. The topological polar surface area (TPSA) is 61.7 Å². The van der Waals surface area contributed by atoms with Gasteiger partial charge in [0.1, 0.15) is 0 Å². The molecule has 1 aromatic heterocycles. The van der Waals surface area contributed by atoms with Crippen LogP contribution in [0.4, 0.5) is 5.69 Å². The molecule has 2 aromatic rings. The lowest BCUT2D eigenvalue weighted by atomic mass is 10.1. The lowest BCUT2D eigenvalue weighted by Crippen LogP contribution is -2.39. The summed E-state index contributed by atoms with van der Waals surface area (Å²) in [7, 11) is 5.76. The molecule has 148 valence electrons. The minimum atomic E-state index is -0.0641. The number of amides is 1. The number of hydrogen-bond acceptors (Lipinski definition) is 2. The van der Waals surface area contributed by atoms with Crippen molar-refractivity contribution in [2.75, 3.05) is 26.0 Å². The maximum atomic E-state index is 11.0. The van der Waals surface area contributed by atoms with Gasteiger partial charge in [0.25, 0.3) is 0 Å². The van der Waals surface area contributed by atoms with E-state index in [0.717, 1.165) is 35.3 Å². The van der Waals surface area contributed by atoms with Gasteiger partial charge in [0.2, 0.25) is 5.91 Å². The number of anilines is 1. The normalized spacial score (nSPS) is 10.9. The molecule has 8 heteroatoms. The van der Waals surface area contributed by atoms with Crippen molar-refractivity contribution in [3.8, 4) is 0 Å². The van der Waals surface area contributed by atoms with E-state index < -0.39 is 0 Å². The molecule has 1 amide bonds. The Hall–Kier alpha value is -1.74. The van der Waals surface area contributed by atoms with Crippen LogP contribution in [0, 0.1) is 0 Å². The quantitative estimate of drug-likeness (QED) is 0.360. The van der Waals surface area contributed by atoms with Crippen LogP contribution in [0.3, 0.4) is 0 Å².